The highest BCUT2D eigenvalue weighted by Gasteiger charge is 2.45. The van der Waals surface area contributed by atoms with E-state index in [0.717, 1.165) is 77.0 Å². The Morgan fingerprint density at radius 2 is 1.00 bits per heavy atom. The third kappa shape index (κ3) is 6.19. The highest BCUT2D eigenvalue weighted by atomic mass is 28.4. The molecular formula is C22H40F2Si2. The number of hydrogen-bond donors (Lipinski definition) is 0. The Balaban J connectivity index is 2.22. The summed E-state index contributed by atoms with van der Waals surface area (Å²) >= 11 is 0. The Labute approximate surface area is 163 Å². The summed E-state index contributed by atoms with van der Waals surface area (Å²) < 4.78 is 32.2. The van der Waals surface area contributed by atoms with Crippen molar-refractivity contribution in [1.82, 2.24) is 0 Å². The van der Waals surface area contributed by atoms with E-state index in [9.17, 15) is 0 Å². The molecule has 0 aromatic rings. The van der Waals surface area contributed by atoms with E-state index in [2.05, 4.69) is 24.9 Å². The predicted molar refractivity (Wildman–Crippen MR) is 115 cm³/mol. The summed E-state index contributed by atoms with van der Waals surface area (Å²) in [7, 11) is -6.30. The molecule has 2 aliphatic carbocycles. The molecule has 0 radical (unpaired) electrons. The topological polar surface area (TPSA) is 0 Å². The van der Waals surface area contributed by atoms with E-state index < -0.39 is 16.8 Å². The molecule has 0 aromatic carbocycles. The van der Waals surface area contributed by atoms with E-state index in [1.54, 1.807) is 0 Å². The highest BCUT2D eigenvalue weighted by Crippen LogP contribution is 2.43. The molecule has 0 N–H and O–H groups in total. The standard InChI is InChI=1S/C22H40F2Si2/c1-3-5-17-25(23,21-13-9-7-10-14-21)19-20-26(24,18-6-4-2)22-15-11-8-12-16-22/h21-22H,3-18H2,1-2H3. The van der Waals surface area contributed by atoms with Crippen molar-refractivity contribution in [1.29, 1.82) is 0 Å². The number of halogens is 2. The van der Waals surface area contributed by atoms with Crippen LogP contribution in [-0.2, 0) is 0 Å². The number of rotatable bonds is 8. The summed E-state index contributed by atoms with van der Waals surface area (Å²) in [6.45, 7) is 4.25. The number of hydrogen-bond acceptors (Lipinski definition) is 0. The Morgan fingerprint density at radius 3 is 1.31 bits per heavy atom. The van der Waals surface area contributed by atoms with E-state index in [4.69, 9.17) is 0 Å². The first-order valence-electron chi connectivity index (χ1n) is 11.5. The van der Waals surface area contributed by atoms with Crippen molar-refractivity contribution < 1.29 is 8.22 Å². The molecule has 0 aliphatic heterocycles. The van der Waals surface area contributed by atoms with E-state index in [0.29, 0.717) is 12.1 Å². The Morgan fingerprint density at radius 1 is 0.654 bits per heavy atom. The van der Waals surface area contributed by atoms with Gasteiger partial charge in [-0.15, -0.1) is 0 Å². The van der Waals surface area contributed by atoms with Gasteiger partial charge in [0.25, 0.3) is 0 Å². The molecule has 2 atom stereocenters. The lowest BCUT2D eigenvalue weighted by Gasteiger charge is -2.32. The fourth-order valence-corrected chi connectivity index (χ4v) is 12.5. The van der Waals surface area contributed by atoms with E-state index in [1.165, 1.54) is 12.8 Å². The van der Waals surface area contributed by atoms with Crippen LogP contribution >= 0.6 is 0 Å². The van der Waals surface area contributed by atoms with Gasteiger partial charge in [-0.05, 0) is 48.9 Å². The minimum atomic E-state index is -3.15. The first kappa shape index (κ1) is 22.1. The van der Waals surface area contributed by atoms with Gasteiger partial charge in [0.15, 0.2) is 0 Å². The lowest BCUT2D eigenvalue weighted by Crippen LogP contribution is -2.39. The molecule has 4 heteroatoms. The Bertz CT molecular complexity index is 420. The fourth-order valence-electron chi connectivity index (χ4n) is 4.93. The molecule has 150 valence electrons. The zero-order valence-electron chi connectivity index (χ0n) is 17.2. The van der Waals surface area contributed by atoms with Crippen LogP contribution in [0, 0.1) is 11.1 Å². The van der Waals surface area contributed by atoms with Crippen molar-refractivity contribution in [3.63, 3.8) is 0 Å². The largest absolute Gasteiger partial charge is 0.325 e. The molecule has 0 spiro atoms. The van der Waals surface area contributed by atoms with Gasteiger partial charge >= 0.3 is 16.8 Å². The number of unbranched alkanes of at least 4 members (excludes halogenated alkanes) is 2. The van der Waals surface area contributed by atoms with Gasteiger partial charge in [0.2, 0.25) is 0 Å². The van der Waals surface area contributed by atoms with Crippen molar-refractivity contribution in [2.45, 2.75) is 127 Å². The second kappa shape index (κ2) is 11.0. The van der Waals surface area contributed by atoms with E-state index >= 15 is 8.22 Å². The molecule has 0 nitrogen and oxygen atoms in total. The summed E-state index contributed by atoms with van der Waals surface area (Å²) in [6, 6.07) is 1.29. The Hall–Kier alpha value is -0.146. The quantitative estimate of drug-likeness (QED) is 0.220. The van der Waals surface area contributed by atoms with Gasteiger partial charge in [0.05, 0.1) is 0 Å². The maximum atomic E-state index is 16.1. The van der Waals surface area contributed by atoms with Crippen molar-refractivity contribution in [3.8, 4) is 11.1 Å². The van der Waals surface area contributed by atoms with E-state index in [-0.39, 0.29) is 11.1 Å². The SMILES string of the molecule is CCCC[Si](F)(C#C[Si](F)(CCCC)C1CCCCC1)C1CCCCC1. The Kier molecular flexibility index (Phi) is 9.37. The molecule has 2 saturated carbocycles. The van der Waals surface area contributed by atoms with Gasteiger partial charge in [0, 0.05) is 0 Å². The second-order valence-corrected chi connectivity index (χ2v) is 15.4. The maximum Gasteiger partial charge on any atom is 0.325 e. The monoisotopic (exact) mass is 398 g/mol. The highest BCUT2D eigenvalue weighted by molar-refractivity contribution is 6.87. The van der Waals surface area contributed by atoms with Gasteiger partial charge < -0.3 is 0 Å². The van der Waals surface area contributed by atoms with Gasteiger partial charge in [-0.1, -0.05) is 89.1 Å². The van der Waals surface area contributed by atoms with Crippen LogP contribution in [0.15, 0.2) is 0 Å². The van der Waals surface area contributed by atoms with Gasteiger partial charge in [0.1, 0.15) is 0 Å². The molecule has 2 fully saturated rings. The molecule has 26 heavy (non-hydrogen) atoms. The van der Waals surface area contributed by atoms with Crippen LogP contribution in [0.4, 0.5) is 8.22 Å². The average Bonchev–Trinajstić information content (AvgIpc) is 2.70. The molecule has 2 unspecified atom stereocenters. The third-order valence-electron chi connectivity index (χ3n) is 6.77. The fraction of sp³-hybridized carbons (Fsp3) is 0.909. The lowest BCUT2D eigenvalue weighted by molar-refractivity contribution is 0.471. The second-order valence-electron chi connectivity index (χ2n) is 8.85. The molecule has 0 saturated heterocycles. The first-order chi connectivity index (χ1) is 12.5. The van der Waals surface area contributed by atoms with Crippen LogP contribution in [-0.4, -0.2) is 16.8 Å². The van der Waals surface area contributed by atoms with Crippen LogP contribution in [0.5, 0.6) is 0 Å². The molecule has 0 heterocycles. The van der Waals surface area contributed by atoms with E-state index in [1.807, 2.05) is 0 Å². The molecule has 2 aliphatic rings. The zero-order valence-corrected chi connectivity index (χ0v) is 19.2. The van der Waals surface area contributed by atoms with Crippen LogP contribution < -0.4 is 0 Å². The summed E-state index contributed by atoms with van der Waals surface area (Å²) in [5, 5.41) is 0. The summed E-state index contributed by atoms with van der Waals surface area (Å²) in [5.74, 6) is 0. The van der Waals surface area contributed by atoms with Crippen molar-refractivity contribution in [3.05, 3.63) is 0 Å². The minimum absolute atomic E-state index is 0.172. The summed E-state index contributed by atoms with van der Waals surface area (Å²) in [6.07, 6.45) is 14.9. The summed E-state index contributed by atoms with van der Waals surface area (Å²) in [4.78, 5) is 0. The summed E-state index contributed by atoms with van der Waals surface area (Å²) in [5.41, 5.74) is 6.66. The van der Waals surface area contributed by atoms with Gasteiger partial charge in [-0.3, -0.25) is 8.22 Å². The molecule has 0 amide bonds. The minimum Gasteiger partial charge on any atom is -0.297 e. The van der Waals surface area contributed by atoms with Crippen LogP contribution in [0.1, 0.15) is 104 Å². The molecule has 0 bridgehead atoms. The van der Waals surface area contributed by atoms with Crippen molar-refractivity contribution >= 4 is 16.8 Å². The molecule has 0 aromatic heterocycles. The molecular weight excluding hydrogens is 358 g/mol. The smallest absolute Gasteiger partial charge is 0.297 e. The third-order valence-corrected chi connectivity index (χ3v) is 14.0. The van der Waals surface area contributed by atoms with Crippen LogP contribution in [0.25, 0.3) is 0 Å². The van der Waals surface area contributed by atoms with Crippen molar-refractivity contribution in [2.24, 2.45) is 0 Å². The maximum absolute atomic E-state index is 16.1. The zero-order chi connectivity index (χ0) is 18.9. The average molecular weight is 399 g/mol. The van der Waals surface area contributed by atoms with Crippen LogP contribution in [0.3, 0.4) is 0 Å². The lowest BCUT2D eigenvalue weighted by atomic mass is 10.0. The normalized spacial score (nSPS) is 24.3. The first-order valence-corrected chi connectivity index (χ1v) is 15.8. The van der Waals surface area contributed by atoms with Gasteiger partial charge in [-0.25, -0.2) is 0 Å². The van der Waals surface area contributed by atoms with Gasteiger partial charge in [-0.2, -0.15) is 0 Å². The van der Waals surface area contributed by atoms with Crippen molar-refractivity contribution in [2.75, 3.05) is 0 Å². The molecule has 2 rings (SSSR count). The van der Waals surface area contributed by atoms with Crippen LogP contribution in [0.2, 0.25) is 23.2 Å². The predicted octanol–water partition coefficient (Wildman–Crippen LogP) is 8.17.